The number of hydrogen-bond donors (Lipinski definition) is 0. The molecular weight excluding hydrogens is 483 g/mol. The van der Waals surface area contributed by atoms with E-state index in [1.807, 2.05) is 0 Å². The van der Waals surface area contributed by atoms with Crippen LogP contribution in [-0.2, 0) is 19.1 Å². The van der Waals surface area contributed by atoms with E-state index >= 15 is 0 Å². The molecule has 1 unspecified atom stereocenters. The molecule has 0 N–H and O–H groups in total. The summed E-state index contributed by atoms with van der Waals surface area (Å²) in [7, 11) is 0. The van der Waals surface area contributed by atoms with Gasteiger partial charge in [0, 0.05) is 0 Å². The average molecular weight is 531 g/mol. The third-order valence-corrected chi connectivity index (χ3v) is 27.0. The van der Waals surface area contributed by atoms with Crippen LogP contribution in [0.5, 0.6) is 0 Å². The Morgan fingerprint density at radius 1 is 0.867 bits per heavy atom. The number of esters is 2. The first-order chi connectivity index (χ1) is 14.2. The Morgan fingerprint density at radius 3 is 1.87 bits per heavy atom. The molecule has 1 saturated heterocycles. The van der Waals surface area contributed by atoms with Crippen LogP contribution in [-0.4, -0.2) is 36.1 Å². The maximum atomic E-state index is 11.8. The molecule has 0 aromatic heterocycles. The Labute approximate surface area is 190 Å². The molecule has 1 aliphatic rings. The third-order valence-electron chi connectivity index (χ3n) is 7.49. The van der Waals surface area contributed by atoms with Gasteiger partial charge < -0.3 is 0 Å². The van der Waals surface area contributed by atoms with Crippen molar-refractivity contribution in [2.45, 2.75) is 141 Å². The summed E-state index contributed by atoms with van der Waals surface area (Å²) in [6, 6.07) is 0. The number of carbonyl (C=O) groups excluding carboxylic acids is 2. The van der Waals surface area contributed by atoms with Crippen molar-refractivity contribution in [1.82, 2.24) is 0 Å². The van der Waals surface area contributed by atoms with E-state index in [4.69, 9.17) is 9.47 Å². The van der Waals surface area contributed by atoms with Gasteiger partial charge in [0.05, 0.1) is 0 Å². The zero-order chi connectivity index (χ0) is 22.7. The van der Waals surface area contributed by atoms with E-state index in [0.29, 0.717) is 9.85 Å². The predicted molar refractivity (Wildman–Crippen MR) is 127 cm³/mol. The van der Waals surface area contributed by atoms with E-state index in [2.05, 4.69) is 20.8 Å². The molecule has 1 atom stereocenters. The molecule has 0 radical (unpaired) electrons. The first-order valence-corrected chi connectivity index (χ1v) is 20.1. The minimum absolute atomic E-state index is 0.372. The van der Waals surface area contributed by atoms with E-state index in [9.17, 15) is 9.59 Å². The quantitative estimate of drug-likeness (QED) is 0.131. The summed E-state index contributed by atoms with van der Waals surface area (Å²) in [5.41, 5.74) is 0. The van der Waals surface area contributed by atoms with Crippen LogP contribution in [0.4, 0.5) is 0 Å². The fourth-order valence-corrected chi connectivity index (χ4v) is 27.0. The summed E-state index contributed by atoms with van der Waals surface area (Å²) in [6.07, 6.45) is 15.4. The molecule has 0 amide bonds. The fourth-order valence-electron chi connectivity index (χ4n) is 6.01. The number of unbranched alkanes of at least 4 members (excludes halogenated alkanes) is 3. The minimum atomic E-state index is -2.62. The number of rotatable bonds is 14. The fraction of sp³-hybridized carbons (Fsp3) is 0.920. The van der Waals surface area contributed by atoms with Gasteiger partial charge in [-0.1, -0.05) is 0 Å². The summed E-state index contributed by atoms with van der Waals surface area (Å²) >= 11 is -2.62. The van der Waals surface area contributed by atoms with Gasteiger partial charge >= 0.3 is 190 Å². The second-order valence-corrected chi connectivity index (χ2v) is 24.5. The molecule has 4 nitrogen and oxygen atoms in total. The number of hydrogen-bond acceptors (Lipinski definition) is 4. The third kappa shape index (κ3) is 8.02. The van der Waals surface area contributed by atoms with Gasteiger partial charge in [-0.2, -0.15) is 0 Å². The predicted octanol–water partition coefficient (Wildman–Crippen LogP) is 7.77. The van der Waals surface area contributed by atoms with Crippen molar-refractivity contribution in [3.8, 4) is 0 Å². The molecule has 5 heteroatoms. The second kappa shape index (κ2) is 13.3. The molecule has 1 fully saturated rings. The molecule has 0 bridgehead atoms. The summed E-state index contributed by atoms with van der Waals surface area (Å²) in [6.45, 7) is 11.6. The first-order valence-electron chi connectivity index (χ1n) is 12.6. The summed E-state index contributed by atoms with van der Waals surface area (Å²) in [5.74, 6) is -1.86. The first kappa shape index (κ1) is 27.8. The zero-order valence-corrected chi connectivity index (χ0v) is 23.6. The van der Waals surface area contributed by atoms with Crippen LogP contribution in [0.3, 0.4) is 0 Å². The van der Waals surface area contributed by atoms with Gasteiger partial charge in [0.25, 0.3) is 0 Å². The van der Waals surface area contributed by atoms with Crippen LogP contribution in [0, 0.1) is 0 Å². The van der Waals surface area contributed by atoms with E-state index in [-0.39, 0.29) is 11.9 Å². The molecule has 0 spiro atoms. The van der Waals surface area contributed by atoms with Gasteiger partial charge in [0.1, 0.15) is 0 Å². The van der Waals surface area contributed by atoms with Gasteiger partial charge in [-0.15, -0.1) is 0 Å². The van der Waals surface area contributed by atoms with Gasteiger partial charge in [-0.3, -0.25) is 0 Å². The van der Waals surface area contributed by atoms with Crippen molar-refractivity contribution < 1.29 is 19.1 Å². The van der Waals surface area contributed by atoms with Crippen molar-refractivity contribution in [2.75, 3.05) is 0 Å². The zero-order valence-electron chi connectivity index (χ0n) is 20.7. The van der Waals surface area contributed by atoms with Crippen molar-refractivity contribution >= 4 is 30.3 Å². The normalized spacial score (nSPS) is 21.3. The van der Waals surface area contributed by atoms with Crippen LogP contribution >= 0.6 is 0 Å². The molecule has 0 aromatic carbocycles. The number of carbonyl (C=O) groups is 2. The Morgan fingerprint density at radius 2 is 1.40 bits per heavy atom. The van der Waals surface area contributed by atoms with E-state index in [0.717, 1.165) is 0 Å². The molecule has 1 aliphatic heterocycles. The summed E-state index contributed by atoms with van der Waals surface area (Å²) in [4.78, 5) is 23.5. The van der Waals surface area contributed by atoms with Crippen molar-refractivity contribution in [3.05, 3.63) is 0 Å². The number of ether oxygens (including phenoxy) is 2. The van der Waals surface area contributed by atoms with Crippen LogP contribution in [0.1, 0.15) is 119 Å². The summed E-state index contributed by atoms with van der Waals surface area (Å²) in [5, 5.41) is 0. The van der Waals surface area contributed by atoms with E-state index < -0.39 is 24.2 Å². The Kier molecular flexibility index (Phi) is 12.3. The molecule has 1 heterocycles. The van der Waals surface area contributed by atoms with Gasteiger partial charge in [-0.25, -0.2) is 0 Å². The van der Waals surface area contributed by atoms with Crippen molar-refractivity contribution in [1.29, 1.82) is 0 Å². The SMILES string of the molecule is CCCC[C]1(CCCC)CCC[CH2][Sn]1([CH2]CCC)[CH2]CC(C)(OC(C)=O)OC(C)=O. The molecule has 30 heavy (non-hydrogen) atoms. The molecule has 0 aliphatic carbocycles. The average Bonchev–Trinajstić information content (AvgIpc) is 2.67. The Bertz CT molecular complexity index is 509. The van der Waals surface area contributed by atoms with Crippen LogP contribution in [0.15, 0.2) is 0 Å². The summed E-state index contributed by atoms with van der Waals surface area (Å²) < 4.78 is 15.8. The molecular formula is C25H48O4Sn. The molecule has 0 aromatic rings. The van der Waals surface area contributed by atoms with Crippen LogP contribution in [0.25, 0.3) is 0 Å². The van der Waals surface area contributed by atoms with Crippen LogP contribution < -0.4 is 0 Å². The van der Waals surface area contributed by atoms with E-state index in [1.54, 1.807) is 6.92 Å². The molecule has 1 rings (SSSR count). The van der Waals surface area contributed by atoms with Gasteiger partial charge in [0.15, 0.2) is 0 Å². The van der Waals surface area contributed by atoms with Crippen molar-refractivity contribution in [3.63, 3.8) is 0 Å². The van der Waals surface area contributed by atoms with Crippen molar-refractivity contribution in [2.24, 2.45) is 0 Å². The van der Waals surface area contributed by atoms with E-state index in [1.165, 1.54) is 97.8 Å². The molecule has 0 saturated carbocycles. The standard InChI is InChI=1S/C13H26.C8H13O4.C4H9.Sn/c1-4-7-10-13(11-8-5-2)12-9-6-3;1-5-8(4,11-6(2)9)12-7(3)10;1-3-4-2;/h1,4-12H2,2-3H3;1,5H2,2-4H3;1,3-4H2,2H3;. The Hall–Kier alpha value is -0.261. The van der Waals surface area contributed by atoms with Gasteiger partial charge in [-0.05, 0) is 0 Å². The monoisotopic (exact) mass is 532 g/mol. The maximum absolute atomic E-state index is 11.8. The topological polar surface area (TPSA) is 52.6 Å². The molecule has 176 valence electrons. The second-order valence-electron chi connectivity index (χ2n) is 9.90. The van der Waals surface area contributed by atoms with Crippen LogP contribution in [0.2, 0.25) is 16.7 Å². The van der Waals surface area contributed by atoms with Gasteiger partial charge in [0.2, 0.25) is 0 Å². The Balaban J connectivity index is 3.26.